The molecule has 2 atom stereocenters. The monoisotopic (exact) mass is 477 g/mol. The van der Waals surface area contributed by atoms with Gasteiger partial charge in [-0.05, 0) is 44.5 Å². The number of fused-ring (bicyclic) bond motifs is 2. The van der Waals surface area contributed by atoms with Crippen LogP contribution in [0.4, 0.5) is 19.3 Å². The van der Waals surface area contributed by atoms with Gasteiger partial charge in [-0.3, -0.25) is 0 Å². The smallest absolute Gasteiger partial charge is 0.410 e. The molecule has 0 bridgehead atoms. The molecule has 180 valence electrons. The molecule has 2 heterocycles. The molecular formula is C27H25F2N3O3. The molecule has 3 aromatic carbocycles. The maximum absolute atomic E-state index is 16.2. The lowest BCUT2D eigenvalue weighted by molar-refractivity contribution is 0.0669. The van der Waals surface area contributed by atoms with Crippen molar-refractivity contribution in [2.75, 3.05) is 5.32 Å². The molecule has 0 fully saturated rings. The predicted molar refractivity (Wildman–Crippen MR) is 130 cm³/mol. The van der Waals surface area contributed by atoms with Gasteiger partial charge in [0.05, 0.1) is 22.7 Å². The standard InChI is InChI=1S/C27H25F2N3O3/c1-14-13-30-23-16(14)10-7-11-17(23)20-18(28)12-19-21(22(20)29)24(25(33)27(2,3)32-19)31-26(34)35-15-8-5-4-6-9-15/h4-13,24-25,30,32-33H,1-3H3,(H,31,34)/t24-,25+/m0/s1. The van der Waals surface area contributed by atoms with E-state index in [0.29, 0.717) is 16.8 Å². The average molecular weight is 478 g/mol. The second-order valence-corrected chi connectivity index (χ2v) is 9.32. The van der Waals surface area contributed by atoms with E-state index in [0.717, 1.165) is 10.9 Å². The van der Waals surface area contributed by atoms with Crippen LogP contribution in [-0.4, -0.2) is 27.8 Å². The highest BCUT2D eigenvalue weighted by molar-refractivity contribution is 5.96. The Morgan fingerprint density at radius 1 is 1.11 bits per heavy atom. The molecule has 0 aliphatic carbocycles. The molecule has 6 nitrogen and oxygen atoms in total. The van der Waals surface area contributed by atoms with Crippen molar-refractivity contribution in [2.24, 2.45) is 0 Å². The molecule has 0 radical (unpaired) electrons. The minimum Gasteiger partial charge on any atom is -0.410 e. The summed E-state index contributed by atoms with van der Waals surface area (Å²) in [5.41, 5.74) is 0.765. The number of aromatic nitrogens is 1. The molecule has 0 saturated carbocycles. The van der Waals surface area contributed by atoms with Crippen LogP contribution in [0.2, 0.25) is 0 Å². The Balaban J connectivity index is 1.62. The first kappa shape index (κ1) is 22.9. The molecule has 35 heavy (non-hydrogen) atoms. The maximum Gasteiger partial charge on any atom is 0.413 e. The summed E-state index contributed by atoms with van der Waals surface area (Å²) in [4.78, 5) is 15.8. The fourth-order valence-corrected chi connectivity index (χ4v) is 4.69. The van der Waals surface area contributed by atoms with Crippen LogP contribution in [0.3, 0.4) is 0 Å². The number of benzene rings is 3. The first-order chi connectivity index (χ1) is 16.7. The summed E-state index contributed by atoms with van der Waals surface area (Å²) in [6, 6.07) is 13.6. The largest absolute Gasteiger partial charge is 0.413 e. The number of aliphatic hydroxyl groups excluding tert-OH is 1. The number of rotatable bonds is 3. The number of nitrogens with one attached hydrogen (secondary N) is 3. The third-order valence-electron chi connectivity index (χ3n) is 6.50. The maximum atomic E-state index is 16.2. The lowest BCUT2D eigenvalue weighted by Crippen LogP contribution is -2.55. The van der Waals surface area contributed by atoms with Crippen molar-refractivity contribution in [3.63, 3.8) is 0 Å². The van der Waals surface area contributed by atoms with Gasteiger partial charge in [0.2, 0.25) is 0 Å². The quantitative estimate of drug-likeness (QED) is 0.300. The third-order valence-corrected chi connectivity index (χ3v) is 6.50. The van der Waals surface area contributed by atoms with Gasteiger partial charge in [-0.1, -0.05) is 36.4 Å². The van der Waals surface area contributed by atoms with Gasteiger partial charge in [0.15, 0.2) is 0 Å². The van der Waals surface area contributed by atoms with E-state index in [9.17, 15) is 9.90 Å². The highest BCUT2D eigenvalue weighted by Crippen LogP contribution is 2.44. The second-order valence-electron chi connectivity index (χ2n) is 9.32. The number of carbonyl (C=O) groups is 1. The number of halogens is 2. The molecular weight excluding hydrogens is 452 g/mol. The van der Waals surface area contributed by atoms with Crippen LogP contribution in [0.15, 0.2) is 60.8 Å². The van der Waals surface area contributed by atoms with Crippen LogP contribution < -0.4 is 15.4 Å². The zero-order chi connectivity index (χ0) is 24.9. The van der Waals surface area contributed by atoms with Gasteiger partial charge in [0.25, 0.3) is 0 Å². The van der Waals surface area contributed by atoms with E-state index in [2.05, 4.69) is 15.6 Å². The van der Waals surface area contributed by atoms with Gasteiger partial charge < -0.3 is 25.5 Å². The van der Waals surface area contributed by atoms with E-state index in [-0.39, 0.29) is 16.8 Å². The number of hydrogen-bond donors (Lipinski definition) is 4. The number of amides is 1. The molecule has 0 spiro atoms. The Bertz CT molecular complexity index is 1430. The minimum absolute atomic E-state index is 0.0430. The molecule has 1 aliphatic heterocycles. The normalized spacial score (nSPS) is 18.6. The molecule has 4 N–H and O–H groups in total. The Morgan fingerprint density at radius 3 is 2.60 bits per heavy atom. The predicted octanol–water partition coefficient (Wildman–Crippen LogP) is 5.82. The van der Waals surface area contributed by atoms with Crippen molar-refractivity contribution in [2.45, 2.75) is 38.5 Å². The van der Waals surface area contributed by atoms with E-state index in [4.69, 9.17) is 4.74 Å². The van der Waals surface area contributed by atoms with Crippen LogP contribution >= 0.6 is 0 Å². The number of anilines is 1. The summed E-state index contributed by atoms with van der Waals surface area (Å²) in [6.07, 6.45) is -0.328. The Morgan fingerprint density at radius 2 is 1.86 bits per heavy atom. The topological polar surface area (TPSA) is 86.4 Å². The third kappa shape index (κ3) is 3.89. The van der Waals surface area contributed by atoms with Crippen LogP contribution in [0, 0.1) is 18.6 Å². The van der Waals surface area contributed by atoms with Crippen LogP contribution in [-0.2, 0) is 0 Å². The van der Waals surface area contributed by atoms with E-state index >= 15 is 8.78 Å². The summed E-state index contributed by atoms with van der Waals surface area (Å²) >= 11 is 0. The molecule has 5 rings (SSSR count). The molecule has 1 aromatic heterocycles. The fraction of sp³-hybridized carbons (Fsp3) is 0.222. The number of hydrogen-bond acceptors (Lipinski definition) is 4. The van der Waals surface area contributed by atoms with Gasteiger partial charge in [0.1, 0.15) is 23.5 Å². The number of para-hydroxylation sites is 2. The first-order valence-corrected chi connectivity index (χ1v) is 11.3. The van der Waals surface area contributed by atoms with E-state index in [1.165, 1.54) is 6.07 Å². The average Bonchev–Trinajstić information content (AvgIpc) is 3.19. The highest BCUT2D eigenvalue weighted by atomic mass is 19.1. The van der Waals surface area contributed by atoms with Gasteiger partial charge in [-0.2, -0.15) is 0 Å². The van der Waals surface area contributed by atoms with Crippen molar-refractivity contribution in [3.8, 4) is 16.9 Å². The van der Waals surface area contributed by atoms with Gasteiger partial charge >= 0.3 is 6.09 Å². The lowest BCUT2D eigenvalue weighted by Gasteiger charge is -2.43. The van der Waals surface area contributed by atoms with Gasteiger partial charge in [-0.25, -0.2) is 13.6 Å². The van der Waals surface area contributed by atoms with E-state index in [1.54, 1.807) is 62.5 Å². The van der Waals surface area contributed by atoms with Gasteiger partial charge in [-0.15, -0.1) is 0 Å². The van der Waals surface area contributed by atoms with E-state index < -0.39 is 35.4 Å². The zero-order valence-electron chi connectivity index (χ0n) is 19.4. The highest BCUT2D eigenvalue weighted by Gasteiger charge is 2.44. The SMILES string of the molecule is Cc1c[nH]c2c(-c3c(F)cc4c(c3F)[C@H](NC(=O)Oc3ccccc3)[C@@H](O)C(C)(C)N4)cccc12. The summed E-state index contributed by atoms with van der Waals surface area (Å²) in [5, 5.41) is 17.5. The summed E-state index contributed by atoms with van der Waals surface area (Å²) < 4.78 is 36.9. The molecule has 8 heteroatoms. The number of ether oxygens (including phenoxy) is 1. The van der Waals surface area contributed by atoms with Gasteiger partial charge in [0, 0.05) is 28.4 Å². The molecule has 0 unspecified atom stereocenters. The van der Waals surface area contributed by atoms with Crippen molar-refractivity contribution >= 4 is 22.7 Å². The van der Waals surface area contributed by atoms with Crippen molar-refractivity contribution < 1.29 is 23.4 Å². The van der Waals surface area contributed by atoms with Crippen molar-refractivity contribution in [3.05, 3.63) is 83.6 Å². The minimum atomic E-state index is -1.24. The molecule has 1 amide bonds. The molecule has 1 aliphatic rings. The number of carbonyl (C=O) groups excluding carboxylic acids is 1. The van der Waals surface area contributed by atoms with Crippen molar-refractivity contribution in [1.29, 1.82) is 0 Å². The number of H-pyrrole nitrogens is 1. The fourth-order valence-electron chi connectivity index (χ4n) is 4.69. The van der Waals surface area contributed by atoms with Crippen LogP contribution in [0.1, 0.15) is 31.0 Å². The second kappa shape index (κ2) is 8.39. The number of aliphatic hydroxyl groups is 1. The number of aryl methyl sites for hydroxylation is 1. The molecule has 4 aromatic rings. The summed E-state index contributed by atoms with van der Waals surface area (Å²) in [7, 11) is 0. The first-order valence-electron chi connectivity index (χ1n) is 11.3. The summed E-state index contributed by atoms with van der Waals surface area (Å²) in [6.45, 7) is 5.27. The lowest BCUT2D eigenvalue weighted by atomic mass is 9.81. The Labute approximate surface area is 200 Å². The number of aromatic amines is 1. The summed E-state index contributed by atoms with van der Waals surface area (Å²) in [5.74, 6) is -1.33. The van der Waals surface area contributed by atoms with Crippen LogP contribution in [0.5, 0.6) is 5.75 Å². The Kier molecular flexibility index (Phi) is 5.48. The van der Waals surface area contributed by atoms with Crippen LogP contribution in [0.25, 0.3) is 22.0 Å². The Hall–Kier alpha value is -3.91. The van der Waals surface area contributed by atoms with E-state index in [1.807, 2.05) is 13.0 Å². The zero-order valence-corrected chi connectivity index (χ0v) is 19.4. The molecule has 0 saturated heterocycles. The van der Waals surface area contributed by atoms with Crippen molar-refractivity contribution in [1.82, 2.24) is 10.3 Å².